The van der Waals surface area contributed by atoms with Crippen LogP contribution in [0.25, 0.3) is 11.5 Å². The van der Waals surface area contributed by atoms with Crippen molar-refractivity contribution in [3.63, 3.8) is 0 Å². The molecule has 8 heteroatoms. The average molecular weight is 380 g/mol. The molecule has 1 aliphatic heterocycles. The van der Waals surface area contributed by atoms with E-state index in [0.29, 0.717) is 24.1 Å². The average Bonchev–Trinajstić information content (AvgIpc) is 3.20. The van der Waals surface area contributed by atoms with Crippen LogP contribution in [0, 0.1) is 0 Å². The van der Waals surface area contributed by atoms with E-state index in [1.807, 2.05) is 43.3 Å². The van der Waals surface area contributed by atoms with Crippen LogP contribution in [0.3, 0.4) is 0 Å². The van der Waals surface area contributed by atoms with Crippen LogP contribution in [-0.4, -0.2) is 53.3 Å². The van der Waals surface area contributed by atoms with Gasteiger partial charge in [-0.3, -0.25) is 4.90 Å². The monoisotopic (exact) mass is 380 g/mol. The largest absolute Gasteiger partial charge is 0.494 e. The van der Waals surface area contributed by atoms with Crippen LogP contribution in [0.15, 0.2) is 47.1 Å². The molecule has 4 rings (SSSR count). The molecular formula is C20H24N6O2. The molecule has 1 saturated heterocycles. The van der Waals surface area contributed by atoms with E-state index in [1.165, 1.54) is 0 Å². The number of ether oxygens (including phenoxy) is 1. The minimum Gasteiger partial charge on any atom is -0.494 e. The van der Waals surface area contributed by atoms with Crippen LogP contribution in [0.5, 0.6) is 5.75 Å². The van der Waals surface area contributed by atoms with Gasteiger partial charge in [0.1, 0.15) is 11.6 Å². The predicted molar refractivity (Wildman–Crippen MR) is 107 cm³/mol. The number of nitrogens with zero attached hydrogens (tertiary/aromatic N) is 4. The molecule has 28 heavy (non-hydrogen) atoms. The molecule has 146 valence electrons. The number of likely N-dealkylation sites (N-methyl/N-ethyl adjacent to an activating group) is 1. The standard InChI is InChI=1S/C20H24N6O2/c1-3-27-15-8-6-14(7-9-15)23-18-16(5-4-10-22-18)20-24-19(25-28-20)17-13-21-11-12-26(17)2/h4-10,17,21H,3,11-13H2,1-2H3,(H,22,23). The summed E-state index contributed by atoms with van der Waals surface area (Å²) in [7, 11) is 2.07. The van der Waals surface area contributed by atoms with Crippen LogP contribution in [0.1, 0.15) is 18.8 Å². The summed E-state index contributed by atoms with van der Waals surface area (Å²) in [5.74, 6) is 2.63. The van der Waals surface area contributed by atoms with Crippen molar-refractivity contribution in [1.82, 2.24) is 25.3 Å². The van der Waals surface area contributed by atoms with Gasteiger partial charge in [-0.2, -0.15) is 4.98 Å². The number of anilines is 2. The molecule has 3 aromatic rings. The predicted octanol–water partition coefficient (Wildman–Crippen LogP) is 2.85. The topological polar surface area (TPSA) is 88.3 Å². The number of nitrogens with one attached hydrogen (secondary N) is 2. The third-order valence-corrected chi connectivity index (χ3v) is 4.72. The highest BCUT2D eigenvalue weighted by atomic mass is 16.5. The van der Waals surface area contributed by atoms with E-state index in [9.17, 15) is 0 Å². The number of benzene rings is 1. The summed E-state index contributed by atoms with van der Waals surface area (Å²) in [5, 5.41) is 10.9. The molecule has 0 amide bonds. The highest BCUT2D eigenvalue weighted by molar-refractivity contribution is 5.73. The summed E-state index contributed by atoms with van der Waals surface area (Å²) in [6, 6.07) is 11.6. The third-order valence-electron chi connectivity index (χ3n) is 4.72. The second-order valence-electron chi connectivity index (χ2n) is 6.64. The molecule has 0 bridgehead atoms. The van der Waals surface area contributed by atoms with Gasteiger partial charge in [0.15, 0.2) is 5.82 Å². The zero-order valence-corrected chi connectivity index (χ0v) is 16.1. The Hall–Kier alpha value is -2.97. The third kappa shape index (κ3) is 3.97. The fourth-order valence-corrected chi connectivity index (χ4v) is 3.19. The van der Waals surface area contributed by atoms with Crippen LogP contribution in [0.2, 0.25) is 0 Å². The lowest BCUT2D eigenvalue weighted by molar-refractivity contribution is 0.190. The number of pyridine rings is 1. The lowest BCUT2D eigenvalue weighted by Gasteiger charge is -2.30. The number of hydrogen-bond donors (Lipinski definition) is 2. The number of hydrogen-bond acceptors (Lipinski definition) is 8. The molecule has 0 radical (unpaired) electrons. The summed E-state index contributed by atoms with van der Waals surface area (Å²) < 4.78 is 11.1. The van der Waals surface area contributed by atoms with E-state index >= 15 is 0 Å². The van der Waals surface area contributed by atoms with Crippen LogP contribution >= 0.6 is 0 Å². The second kappa shape index (κ2) is 8.37. The SMILES string of the molecule is CCOc1ccc(Nc2ncccc2-c2nc(C3CNCCN3C)no2)cc1. The Kier molecular flexibility index (Phi) is 5.50. The molecule has 0 saturated carbocycles. The quantitative estimate of drug-likeness (QED) is 0.675. The smallest absolute Gasteiger partial charge is 0.261 e. The van der Waals surface area contributed by atoms with E-state index in [2.05, 4.69) is 37.7 Å². The summed E-state index contributed by atoms with van der Waals surface area (Å²) in [6.07, 6.45) is 1.73. The van der Waals surface area contributed by atoms with Crippen molar-refractivity contribution in [3.8, 4) is 17.2 Å². The molecule has 0 aliphatic carbocycles. The summed E-state index contributed by atoms with van der Waals surface area (Å²) in [6.45, 7) is 5.33. The van der Waals surface area contributed by atoms with Crippen molar-refractivity contribution >= 4 is 11.5 Å². The van der Waals surface area contributed by atoms with Crippen LogP contribution in [-0.2, 0) is 0 Å². The Balaban J connectivity index is 1.56. The van der Waals surface area contributed by atoms with E-state index in [4.69, 9.17) is 9.26 Å². The Morgan fingerprint density at radius 3 is 2.93 bits per heavy atom. The minimum absolute atomic E-state index is 0.102. The summed E-state index contributed by atoms with van der Waals surface area (Å²) >= 11 is 0. The van der Waals surface area contributed by atoms with Gasteiger partial charge in [0.25, 0.3) is 5.89 Å². The lowest BCUT2D eigenvalue weighted by atomic mass is 10.2. The Morgan fingerprint density at radius 1 is 1.29 bits per heavy atom. The fraction of sp³-hybridized carbons (Fsp3) is 0.350. The number of rotatable bonds is 6. The first-order chi connectivity index (χ1) is 13.7. The fourth-order valence-electron chi connectivity index (χ4n) is 3.19. The van der Waals surface area contributed by atoms with Gasteiger partial charge < -0.3 is 19.9 Å². The summed E-state index contributed by atoms with van der Waals surface area (Å²) in [5.41, 5.74) is 1.67. The molecule has 1 fully saturated rings. The summed E-state index contributed by atoms with van der Waals surface area (Å²) in [4.78, 5) is 11.3. The van der Waals surface area contributed by atoms with Gasteiger partial charge in [-0.05, 0) is 50.4 Å². The highest BCUT2D eigenvalue weighted by Crippen LogP contribution is 2.29. The first-order valence-electron chi connectivity index (χ1n) is 9.44. The van der Waals surface area contributed by atoms with Gasteiger partial charge in [0, 0.05) is 31.5 Å². The molecule has 8 nitrogen and oxygen atoms in total. The van der Waals surface area contributed by atoms with Gasteiger partial charge >= 0.3 is 0 Å². The van der Waals surface area contributed by atoms with E-state index in [0.717, 1.165) is 36.6 Å². The maximum atomic E-state index is 5.57. The van der Waals surface area contributed by atoms with Gasteiger partial charge in [0.2, 0.25) is 0 Å². The van der Waals surface area contributed by atoms with Crippen molar-refractivity contribution in [2.24, 2.45) is 0 Å². The first-order valence-corrected chi connectivity index (χ1v) is 9.44. The molecule has 1 atom stereocenters. The van der Waals surface area contributed by atoms with Crippen molar-refractivity contribution in [2.45, 2.75) is 13.0 Å². The number of piperazine rings is 1. The Morgan fingerprint density at radius 2 is 2.14 bits per heavy atom. The van der Waals surface area contributed by atoms with Gasteiger partial charge in [-0.25, -0.2) is 4.98 Å². The van der Waals surface area contributed by atoms with Gasteiger partial charge in [-0.15, -0.1) is 0 Å². The van der Waals surface area contributed by atoms with Crippen molar-refractivity contribution in [1.29, 1.82) is 0 Å². The zero-order valence-electron chi connectivity index (χ0n) is 16.1. The van der Waals surface area contributed by atoms with Crippen molar-refractivity contribution in [3.05, 3.63) is 48.4 Å². The van der Waals surface area contributed by atoms with Crippen LogP contribution < -0.4 is 15.4 Å². The molecule has 3 heterocycles. The van der Waals surface area contributed by atoms with E-state index in [-0.39, 0.29) is 6.04 Å². The van der Waals surface area contributed by atoms with E-state index in [1.54, 1.807) is 6.20 Å². The normalized spacial score (nSPS) is 17.4. The maximum absolute atomic E-state index is 5.57. The molecule has 1 unspecified atom stereocenters. The lowest BCUT2D eigenvalue weighted by Crippen LogP contribution is -2.44. The molecule has 0 spiro atoms. The number of aromatic nitrogens is 3. The van der Waals surface area contributed by atoms with Gasteiger partial charge in [0.05, 0.1) is 18.2 Å². The maximum Gasteiger partial charge on any atom is 0.261 e. The van der Waals surface area contributed by atoms with Crippen LogP contribution in [0.4, 0.5) is 11.5 Å². The van der Waals surface area contributed by atoms with Gasteiger partial charge in [-0.1, -0.05) is 5.16 Å². The van der Waals surface area contributed by atoms with E-state index < -0.39 is 0 Å². The molecule has 2 aromatic heterocycles. The molecular weight excluding hydrogens is 356 g/mol. The molecule has 1 aromatic carbocycles. The second-order valence-corrected chi connectivity index (χ2v) is 6.64. The first kappa shape index (κ1) is 18.4. The van der Waals surface area contributed by atoms with Crippen molar-refractivity contribution in [2.75, 3.05) is 38.6 Å². The molecule has 2 N–H and O–H groups in total. The highest BCUT2D eigenvalue weighted by Gasteiger charge is 2.26. The minimum atomic E-state index is 0.102. The Labute approximate surface area is 163 Å². The Bertz CT molecular complexity index is 911. The zero-order chi connectivity index (χ0) is 19.3. The van der Waals surface area contributed by atoms with Crippen molar-refractivity contribution < 1.29 is 9.26 Å². The molecule has 1 aliphatic rings.